The number of nitrogens with one attached hydrogen (secondary N) is 1. The summed E-state index contributed by atoms with van der Waals surface area (Å²) in [6.45, 7) is 3.37. The molecule has 2 rings (SSSR count). The molecule has 0 aliphatic heterocycles. The summed E-state index contributed by atoms with van der Waals surface area (Å²) in [5.41, 5.74) is 3.23. The molecule has 2 aromatic rings. The summed E-state index contributed by atoms with van der Waals surface area (Å²) in [5.74, 6) is 1.30. The van der Waals surface area contributed by atoms with Gasteiger partial charge < -0.3 is 10.1 Å². The van der Waals surface area contributed by atoms with E-state index in [2.05, 4.69) is 10.3 Å². The zero-order valence-corrected chi connectivity index (χ0v) is 11.7. The molecule has 0 fully saturated rings. The molecule has 1 aromatic carbocycles. The third-order valence-corrected chi connectivity index (χ3v) is 3.04. The molecule has 1 N–H and O–H groups in total. The molecule has 19 heavy (non-hydrogen) atoms. The van der Waals surface area contributed by atoms with Gasteiger partial charge in [0.25, 0.3) is 0 Å². The fraction of sp³-hybridized carbons (Fsp3) is 0.267. The highest BCUT2D eigenvalue weighted by Gasteiger charge is 2.04. The Balaban J connectivity index is 2.05. The van der Waals surface area contributed by atoms with E-state index in [-0.39, 0.29) is 0 Å². The lowest BCUT2D eigenvalue weighted by Gasteiger charge is -2.12. The lowest BCUT2D eigenvalue weighted by Crippen LogP contribution is -2.01. The summed E-state index contributed by atoms with van der Waals surface area (Å²) in [5, 5.41) is 3.36. The molecule has 0 saturated carbocycles. The van der Waals surface area contributed by atoms with Gasteiger partial charge in [-0.15, -0.1) is 11.6 Å². The number of halogens is 1. The van der Waals surface area contributed by atoms with Crippen LogP contribution in [0, 0.1) is 0 Å². The first kappa shape index (κ1) is 13.7. The van der Waals surface area contributed by atoms with Crippen LogP contribution in [-0.2, 0) is 12.4 Å². The standard InChI is InChI=1S/C15H17ClN2O/c1-2-19-15-4-3-14(9-13(15)10-16)18-11-12-5-7-17-8-6-12/h3-9,18H,2,10-11H2,1H3. The SMILES string of the molecule is CCOc1ccc(NCc2ccncc2)cc1CCl. The molecule has 100 valence electrons. The van der Waals surface area contributed by atoms with Crippen LogP contribution in [-0.4, -0.2) is 11.6 Å². The van der Waals surface area contributed by atoms with Crippen LogP contribution < -0.4 is 10.1 Å². The smallest absolute Gasteiger partial charge is 0.123 e. The number of hydrogen-bond acceptors (Lipinski definition) is 3. The highest BCUT2D eigenvalue weighted by Crippen LogP contribution is 2.24. The predicted molar refractivity (Wildman–Crippen MR) is 78.7 cm³/mol. The molecule has 4 heteroatoms. The van der Waals surface area contributed by atoms with Gasteiger partial charge in [0.15, 0.2) is 0 Å². The van der Waals surface area contributed by atoms with E-state index in [1.807, 2.05) is 37.3 Å². The number of nitrogens with zero attached hydrogens (tertiary/aromatic N) is 1. The second-order valence-electron chi connectivity index (χ2n) is 4.10. The zero-order chi connectivity index (χ0) is 13.5. The number of anilines is 1. The maximum atomic E-state index is 5.94. The molecule has 0 bridgehead atoms. The van der Waals surface area contributed by atoms with Crippen LogP contribution in [0.3, 0.4) is 0 Å². The molecule has 0 unspecified atom stereocenters. The normalized spacial score (nSPS) is 10.2. The highest BCUT2D eigenvalue weighted by atomic mass is 35.5. The van der Waals surface area contributed by atoms with Crippen LogP contribution >= 0.6 is 11.6 Å². The van der Waals surface area contributed by atoms with Crippen LogP contribution in [0.5, 0.6) is 5.75 Å². The van der Waals surface area contributed by atoms with Crippen molar-refractivity contribution in [2.45, 2.75) is 19.3 Å². The lowest BCUT2D eigenvalue weighted by molar-refractivity contribution is 0.337. The average Bonchev–Trinajstić information content (AvgIpc) is 2.47. The first-order valence-corrected chi connectivity index (χ1v) is 6.81. The fourth-order valence-electron chi connectivity index (χ4n) is 1.79. The molecule has 0 radical (unpaired) electrons. The van der Waals surface area contributed by atoms with Crippen molar-refractivity contribution in [2.75, 3.05) is 11.9 Å². The molecule has 0 aliphatic rings. The number of alkyl halides is 1. The van der Waals surface area contributed by atoms with Crippen molar-refractivity contribution < 1.29 is 4.74 Å². The van der Waals surface area contributed by atoms with E-state index in [4.69, 9.17) is 16.3 Å². The van der Waals surface area contributed by atoms with Crippen LogP contribution in [0.4, 0.5) is 5.69 Å². The highest BCUT2D eigenvalue weighted by molar-refractivity contribution is 6.17. The summed E-state index contributed by atoms with van der Waals surface area (Å²) < 4.78 is 5.53. The Hall–Kier alpha value is -1.74. The predicted octanol–water partition coefficient (Wildman–Crippen LogP) is 3.83. The topological polar surface area (TPSA) is 34.1 Å². The monoisotopic (exact) mass is 276 g/mol. The van der Waals surface area contributed by atoms with Gasteiger partial charge in [0.1, 0.15) is 5.75 Å². The number of rotatable bonds is 6. The Morgan fingerprint density at radius 3 is 2.68 bits per heavy atom. The minimum absolute atomic E-state index is 0.445. The largest absolute Gasteiger partial charge is 0.494 e. The third-order valence-electron chi connectivity index (χ3n) is 2.75. The Labute approximate surface area is 118 Å². The molecule has 1 heterocycles. The molecular weight excluding hydrogens is 260 g/mol. The second-order valence-corrected chi connectivity index (χ2v) is 4.37. The first-order valence-electron chi connectivity index (χ1n) is 6.28. The molecule has 0 atom stereocenters. The minimum Gasteiger partial charge on any atom is -0.494 e. The van der Waals surface area contributed by atoms with E-state index < -0.39 is 0 Å². The summed E-state index contributed by atoms with van der Waals surface area (Å²) in [4.78, 5) is 4.00. The molecule has 3 nitrogen and oxygen atoms in total. The minimum atomic E-state index is 0.445. The van der Waals surface area contributed by atoms with Gasteiger partial charge in [0.05, 0.1) is 12.5 Å². The van der Waals surface area contributed by atoms with E-state index >= 15 is 0 Å². The van der Waals surface area contributed by atoms with Gasteiger partial charge >= 0.3 is 0 Å². The van der Waals surface area contributed by atoms with E-state index in [9.17, 15) is 0 Å². The molecular formula is C15H17ClN2O. The van der Waals surface area contributed by atoms with Gasteiger partial charge in [-0.05, 0) is 42.8 Å². The van der Waals surface area contributed by atoms with Crippen LogP contribution in [0.25, 0.3) is 0 Å². The van der Waals surface area contributed by atoms with Gasteiger partial charge in [-0.25, -0.2) is 0 Å². The summed E-state index contributed by atoms with van der Waals surface area (Å²) in [6, 6.07) is 9.96. The molecule has 1 aromatic heterocycles. The van der Waals surface area contributed by atoms with Crippen LogP contribution in [0.1, 0.15) is 18.1 Å². The van der Waals surface area contributed by atoms with Crippen molar-refractivity contribution in [3.8, 4) is 5.75 Å². The van der Waals surface area contributed by atoms with Crippen molar-refractivity contribution >= 4 is 17.3 Å². The summed E-state index contributed by atoms with van der Waals surface area (Å²) in [7, 11) is 0. The molecule has 0 spiro atoms. The second kappa shape index (κ2) is 7.00. The van der Waals surface area contributed by atoms with E-state index in [1.54, 1.807) is 12.4 Å². The molecule has 0 saturated heterocycles. The zero-order valence-electron chi connectivity index (χ0n) is 10.9. The lowest BCUT2D eigenvalue weighted by atomic mass is 10.2. The third kappa shape index (κ3) is 3.86. The Morgan fingerprint density at radius 1 is 1.21 bits per heavy atom. The number of hydrogen-bond donors (Lipinski definition) is 1. The van der Waals surface area contributed by atoms with Crippen molar-refractivity contribution in [3.63, 3.8) is 0 Å². The van der Waals surface area contributed by atoms with Gasteiger partial charge in [0.2, 0.25) is 0 Å². The van der Waals surface area contributed by atoms with E-state index in [0.29, 0.717) is 12.5 Å². The van der Waals surface area contributed by atoms with Crippen molar-refractivity contribution in [1.29, 1.82) is 0 Å². The average molecular weight is 277 g/mol. The quantitative estimate of drug-likeness (QED) is 0.814. The van der Waals surface area contributed by atoms with Crippen molar-refractivity contribution in [1.82, 2.24) is 4.98 Å². The van der Waals surface area contributed by atoms with Crippen LogP contribution in [0.2, 0.25) is 0 Å². The Bertz CT molecular complexity index is 517. The number of ether oxygens (including phenoxy) is 1. The first-order chi connectivity index (χ1) is 9.33. The van der Waals surface area contributed by atoms with Gasteiger partial charge in [-0.1, -0.05) is 0 Å². The Morgan fingerprint density at radius 2 is 2.00 bits per heavy atom. The van der Waals surface area contributed by atoms with E-state index in [1.165, 1.54) is 5.56 Å². The van der Waals surface area contributed by atoms with E-state index in [0.717, 1.165) is 23.5 Å². The molecule has 0 aliphatic carbocycles. The number of benzene rings is 1. The number of aromatic nitrogens is 1. The summed E-state index contributed by atoms with van der Waals surface area (Å²) in [6.07, 6.45) is 3.58. The summed E-state index contributed by atoms with van der Waals surface area (Å²) >= 11 is 5.94. The maximum Gasteiger partial charge on any atom is 0.123 e. The van der Waals surface area contributed by atoms with Gasteiger partial charge in [-0.2, -0.15) is 0 Å². The molecule has 0 amide bonds. The number of pyridine rings is 1. The fourth-order valence-corrected chi connectivity index (χ4v) is 2.00. The van der Waals surface area contributed by atoms with Crippen molar-refractivity contribution in [3.05, 3.63) is 53.9 Å². The van der Waals surface area contributed by atoms with Crippen molar-refractivity contribution in [2.24, 2.45) is 0 Å². The van der Waals surface area contributed by atoms with Gasteiger partial charge in [-0.3, -0.25) is 4.98 Å². The van der Waals surface area contributed by atoms with Crippen LogP contribution in [0.15, 0.2) is 42.7 Å². The van der Waals surface area contributed by atoms with Gasteiger partial charge in [0, 0.05) is 30.2 Å². The maximum absolute atomic E-state index is 5.94. The Kier molecular flexibility index (Phi) is 5.04.